The molecule has 20 heavy (non-hydrogen) atoms. The number of Topliss-reactive ketones (excluding diaryl/α,β-unsaturated/α-hetero) is 1. The number of ketones is 1. The zero-order valence-electron chi connectivity index (χ0n) is 11.1. The van der Waals surface area contributed by atoms with Gasteiger partial charge in [-0.25, -0.2) is 0 Å². The molecule has 0 aliphatic carbocycles. The molecule has 1 aromatic carbocycles. The van der Waals surface area contributed by atoms with Gasteiger partial charge in [-0.3, -0.25) is 9.69 Å². The number of hydrogen-bond acceptors (Lipinski definition) is 3. The van der Waals surface area contributed by atoms with Crippen LogP contribution in [0.15, 0.2) is 40.2 Å². The maximum Gasteiger partial charge on any atom is 0.187 e. The lowest BCUT2D eigenvalue weighted by Gasteiger charge is -2.19. The molecule has 0 N–H and O–H groups in total. The SMILES string of the molecule is O=C(CN1CCCc2ccccc2C1)c1sccc1Br. The Morgan fingerprint density at radius 1 is 1.25 bits per heavy atom. The minimum atomic E-state index is 0.214. The van der Waals surface area contributed by atoms with Crippen LogP contribution in [0.1, 0.15) is 27.2 Å². The normalized spacial score (nSPS) is 15.7. The first-order chi connectivity index (χ1) is 9.74. The zero-order valence-corrected chi connectivity index (χ0v) is 13.5. The number of carbonyl (C=O) groups excluding carboxylic acids is 1. The molecule has 0 amide bonds. The monoisotopic (exact) mass is 349 g/mol. The van der Waals surface area contributed by atoms with E-state index in [9.17, 15) is 4.79 Å². The van der Waals surface area contributed by atoms with Gasteiger partial charge in [0.25, 0.3) is 0 Å². The highest BCUT2D eigenvalue weighted by molar-refractivity contribution is 9.10. The molecule has 1 aromatic heterocycles. The summed E-state index contributed by atoms with van der Waals surface area (Å²) in [4.78, 5) is 15.5. The predicted octanol–water partition coefficient (Wildman–Crippen LogP) is 4.14. The Labute approximate surface area is 131 Å². The van der Waals surface area contributed by atoms with Crippen LogP contribution >= 0.6 is 27.3 Å². The fraction of sp³-hybridized carbons (Fsp3) is 0.312. The molecule has 0 bridgehead atoms. The van der Waals surface area contributed by atoms with Crippen LogP contribution < -0.4 is 0 Å². The van der Waals surface area contributed by atoms with Gasteiger partial charge in [0.05, 0.1) is 11.4 Å². The lowest BCUT2D eigenvalue weighted by atomic mass is 10.0. The molecule has 0 saturated heterocycles. The molecule has 0 saturated carbocycles. The van der Waals surface area contributed by atoms with Crippen molar-refractivity contribution < 1.29 is 4.79 Å². The molecular formula is C16H16BrNOS. The average molecular weight is 350 g/mol. The Kier molecular flexibility index (Phi) is 4.34. The van der Waals surface area contributed by atoms with Gasteiger partial charge in [0, 0.05) is 11.0 Å². The van der Waals surface area contributed by atoms with E-state index in [0.717, 1.165) is 35.3 Å². The van der Waals surface area contributed by atoms with E-state index in [4.69, 9.17) is 0 Å². The van der Waals surface area contributed by atoms with Gasteiger partial charge < -0.3 is 0 Å². The Morgan fingerprint density at radius 2 is 2.05 bits per heavy atom. The molecule has 0 spiro atoms. The van der Waals surface area contributed by atoms with Crippen molar-refractivity contribution in [3.63, 3.8) is 0 Å². The lowest BCUT2D eigenvalue weighted by molar-refractivity contribution is 0.0930. The molecule has 0 atom stereocenters. The van der Waals surface area contributed by atoms with Crippen LogP contribution in [-0.2, 0) is 13.0 Å². The standard InChI is InChI=1S/C16H16BrNOS/c17-14-7-9-20-16(14)15(19)11-18-8-3-6-12-4-1-2-5-13(12)10-18/h1-2,4-5,7,9H,3,6,8,10-11H2. The van der Waals surface area contributed by atoms with Crippen LogP contribution in [0.5, 0.6) is 0 Å². The molecule has 104 valence electrons. The van der Waals surface area contributed by atoms with Gasteiger partial charge >= 0.3 is 0 Å². The van der Waals surface area contributed by atoms with Crippen molar-refractivity contribution in [2.24, 2.45) is 0 Å². The fourth-order valence-corrected chi connectivity index (χ4v) is 4.20. The summed E-state index contributed by atoms with van der Waals surface area (Å²) in [6.07, 6.45) is 2.24. The number of thiophene rings is 1. The maximum atomic E-state index is 12.4. The summed E-state index contributed by atoms with van der Waals surface area (Å²) in [6, 6.07) is 10.5. The van der Waals surface area contributed by atoms with Crippen LogP contribution in [0.3, 0.4) is 0 Å². The third-order valence-electron chi connectivity index (χ3n) is 3.67. The van der Waals surface area contributed by atoms with Gasteiger partial charge in [-0.2, -0.15) is 0 Å². The molecule has 1 aliphatic rings. The Morgan fingerprint density at radius 3 is 2.80 bits per heavy atom. The lowest BCUT2D eigenvalue weighted by Crippen LogP contribution is -2.29. The second-order valence-electron chi connectivity index (χ2n) is 5.10. The summed E-state index contributed by atoms with van der Waals surface area (Å²) < 4.78 is 0.919. The summed E-state index contributed by atoms with van der Waals surface area (Å²) in [5.74, 6) is 0.214. The summed E-state index contributed by atoms with van der Waals surface area (Å²) in [5.41, 5.74) is 2.79. The Hall–Kier alpha value is -0.970. The molecule has 2 heterocycles. The van der Waals surface area contributed by atoms with E-state index < -0.39 is 0 Å². The molecule has 3 rings (SSSR count). The molecular weight excluding hydrogens is 334 g/mol. The molecule has 1 aliphatic heterocycles. The molecule has 0 radical (unpaired) electrons. The number of benzene rings is 1. The van der Waals surface area contributed by atoms with Crippen LogP contribution in [0, 0.1) is 0 Å². The van der Waals surface area contributed by atoms with Crippen molar-refractivity contribution in [3.8, 4) is 0 Å². The van der Waals surface area contributed by atoms with E-state index in [1.54, 1.807) is 0 Å². The smallest absolute Gasteiger partial charge is 0.187 e. The minimum absolute atomic E-state index is 0.214. The minimum Gasteiger partial charge on any atom is -0.292 e. The predicted molar refractivity (Wildman–Crippen MR) is 86.4 cm³/mol. The highest BCUT2D eigenvalue weighted by Gasteiger charge is 2.19. The first-order valence-corrected chi connectivity index (χ1v) is 8.46. The van der Waals surface area contributed by atoms with Crippen LogP contribution in [0.2, 0.25) is 0 Å². The van der Waals surface area contributed by atoms with Gasteiger partial charge in [-0.1, -0.05) is 24.3 Å². The van der Waals surface area contributed by atoms with E-state index in [-0.39, 0.29) is 5.78 Å². The largest absolute Gasteiger partial charge is 0.292 e. The van der Waals surface area contributed by atoms with Gasteiger partial charge in [0.1, 0.15) is 0 Å². The number of hydrogen-bond donors (Lipinski definition) is 0. The van der Waals surface area contributed by atoms with Crippen LogP contribution in [0.25, 0.3) is 0 Å². The van der Waals surface area contributed by atoms with Crippen molar-refractivity contribution in [1.29, 1.82) is 0 Å². The van der Waals surface area contributed by atoms with Crippen molar-refractivity contribution in [2.75, 3.05) is 13.1 Å². The van der Waals surface area contributed by atoms with E-state index in [1.807, 2.05) is 11.4 Å². The third-order valence-corrected chi connectivity index (χ3v) is 5.55. The summed E-state index contributed by atoms with van der Waals surface area (Å²) in [5, 5.41) is 1.95. The highest BCUT2D eigenvalue weighted by atomic mass is 79.9. The Bertz CT molecular complexity index is 622. The number of nitrogens with zero attached hydrogens (tertiary/aromatic N) is 1. The first-order valence-electron chi connectivity index (χ1n) is 6.79. The maximum absolute atomic E-state index is 12.4. The second-order valence-corrected chi connectivity index (χ2v) is 6.87. The summed E-state index contributed by atoms with van der Waals surface area (Å²) in [6.45, 7) is 2.38. The summed E-state index contributed by atoms with van der Waals surface area (Å²) in [7, 11) is 0. The van der Waals surface area contributed by atoms with Gasteiger partial charge in [0.2, 0.25) is 0 Å². The molecule has 0 unspecified atom stereocenters. The van der Waals surface area contributed by atoms with Crippen molar-refractivity contribution in [2.45, 2.75) is 19.4 Å². The Balaban J connectivity index is 1.73. The third kappa shape index (κ3) is 3.03. The number of fused-ring (bicyclic) bond motifs is 1. The van der Waals surface area contributed by atoms with E-state index in [0.29, 0.717) is 6.54 Å². The first kappa shape index (κ1) is 14.0. The van der Waals surface area contributed by atoms with Gasteiger partial charge in [0.15, 0.2) is 5.78 Å². The van der Waals surface area contributed by atoms with Crippen molar-refractivity contribution in [1.82, 2.24) is 4.90 Å². The number of aryl methyl sites for hydroxylation is 1. The van der Waals surface area contributed by atoms with E-state index in [1.165, 1.54) is 22.5 Å². The highest BCUT2D eigenvalue weighted by Crippen LogP contribution is 2.24. The van der Waals surface area contributed by atoms with Crippen molar-refractivity contribution in [3.05, 3.63) is 56.2 Å². The molecule has 2 nitrogen and oxygen atoms in total. The van der Waals surface area contributed by atoms with E-state index >= 15 is 0 Å². The van der Waals surface area contributed by atoms with Gasteiger partial charge in [-0.05, 0) is 57.9 Å². The quantitative estimate of drug-likeness (QED) is 0.776. The second kappa shape index (κ2) is 6.20. The fourth-order valence-electron chi connectivity index (χ4n) is 2.67. The summed E-state index contributed by atoms with van der Waals surface area (Å²) >= 11 is 4.96. The number of rotatable bonds is 3. The molecule has 0 fully saturated rings. The van der Waals surface area contributed by atoms with Crippen molar-refractivity contribution >= 4 is 33.0 Å². The van der Waals surface area contributed by atoms with Crippen LogP contribution in [0.4, 0.5) is 0 Å². The van der Waals surface area contributed by atoms with Crippen LogP contribution in [-0.4, -0.2) is 23.8 Å². The topological polar surface area (TPSA) is 20.3 Å². The zero-order chi connectivity index (χ0) is 13.9. The molecule has 4 heteroatoms. The number of halogens is 1. The van der Waals surface area contributed by atoms with Gasteiger partial charge in [-0.15, -0.1) is 11.3 Å². The number of carbonyl (C=O) groups is 1. The van der Waals surface area contributed by atoms with E-state index in [2.05, 4.69) is 45.1 Å². The molecule has 2 aromatic rings. The average Bonchev–Trinajstić information content (AvgIpc) is 2.76.